The number of rotatable bonds is 11. The Kier molecular flexibility index (Phi) is 8.33. The zero-order chi connectivity index (χ0) is 23.1. The highest BCUT2D eigenvalue weighted by atomic mass is 32.2. The predicted molar refractivity (Wildman–Crippen MR) is 130 cm³/mol. The molecule has 0 atom stereocenters. The van der Waals surface area contributed by atoms with Gasteiger partial charge in [-0.3, -0.25) is 4.79 Å². The van der Waals surface area contributed by atoms with Crippen molar-refractivity contribution in [3.8, 4) is 5.75 Å². The summed E-state index contributed by atoms with van der Waals surface area (Å²) in [6.45, 7) is 12.7. The first kappa shape index (κ1) is 23.8. The van der Waals surface area contributed by atoms with Crippen LogP contribution in [-0.2, 0) is 6.54 Å². The SMILES string of the molecule is CCOc1ccccc1C(=O)NCCn1ncc2c(NCC(C)C)nc(SC(C)C)nc21. The van der Waals surface area contributed by atoms with Crippen molar-refractivity contribution in [3.05, 3.63) is 36.0 Å². The quantitative estimate of drug-likeness (QED) is 0.329. The number of para-hydroxylation sites is 1. The molecule has 0 fully saturated rings. The van der Waals surface area contributed by atoms with E-state index in [-0.39, 0.29) is 5.91 Å². The number of carbonyl (C=O) groups is 1. The van der Waals surface area contributed by atoms with Crippen molar-refractivity contribution in [3.63, 3.8) is 0 Å². The number of carbonyl (C=O) groups excluding carboxylic acids is 1. The maximum absolute atomic E-state index is 12.7. The van der Waals surface area contributed by atoms with Gasteiger partial charge in [0, 0.05) is 18.3 Å². The summed E-state index contributed by atoms with van der Waals surface area (Å²) in [5.41, 5.74) is 1.29. The molecule has 2 aromatic heterocycles. The van der Waals surface area contributed by atoms with Gasteiger partial charge in [-0.2, -0.15) is 5.10 Å². The van der Waals surface area contributed by atoms with Crippen LogP contribution in [0.4, 0.5) is 5.82 Å². The predicted octanol–water partition coefficient (Wildman–Crippen LogP) is 4.22. The Morgan fingerprint density at radius 1 is 1.19 bits per heavy atom. The van der Waals surface area contributed by atoms with Crippen LogP contribution in [0.5, 0.6) is 5.75 Å². The maximum atomic E-state index is 12.7. The van der Waals surface area contributed by atoms with E-state index in [0.29, 0.717) is 42.2 Å². The number of thioether (sulfide) groups is 1. The Balaban J connectivity index is 1.76. The number of hydrogen-bond acceptors (Lipinski definition) is 7. The molecule has 1 aromatic carbocycles. The number of amides is 1. The molecule has 32 heavy (non-hydrogen) atoms. The first-order valence-electron chi connectivity index (χ1n) is 11.0. The van der Waals surface area contributed by atoms with Gasteiger partial charge in [0.15, 0.2) is 10.8 Å². The van der Waals surface area contributed by atoms with Crippen molar-refractivity contribution in [1.82, 2.24) is 25.1 Å². The summed E-state index contributed by atoms with van der Waals surface area (Å²) in [5.74, 6) is 1.70. The van der Waals surface area contributed by atoms with Crippen LogP contribution in [-0.4, -0.2) is 50.6 Å². The van der Waals surface area contributed by atoms with Gasteiger partial charge < -0.3 is 15.4 Å². The van der Waals surface area contributed by atoms with E-state index in [1.54, 1.807) is 30.1 Å². The number of nitrogens with zero attached hydrogens (tertiary/aromatic N) is 4. The molecule has 172 valence electrons. The van der Waals surface area contributed by atoms with E-state index in [0.717, 1.165) is 28.6 Å². The summed E-state index contributed by atoms with van der Waals surface area (Å²) in [6.07, 6.45) is 1.79. The van der Waals surface area contributed by atoms with Crippen molar-refractivity contribution < 1.29 is 9.53 Å². The highest BCUT2D eigenvalue weighted by Crippen LogP contribution is 2.26. The first-order chi connectivity index (χ1) is 15.4. The van der Waals surface area contributed by atoms with Gasteiger partial charge in [0.25, 0.3) is 5.91 Å². The normalized spacial score (nSPS) is 11.3. The Labute approximate surface area is 193 Å². The molecule has 0 aliphatic heterocycles. The fraction of sp³-hybridized carbons (Fsp3) is 0.478. The molecule has 0 radical (unpaired) electrons. The number of anilines is 1. The molecule has 1 amide bonds. The summed E-state index contributed by atoms with van der Waals surface area (Å²) in [6, 6.07) is 7.25. The molecule has 2 heterocycles. The summed E-state index contributed by atoms with van der Waals surface area (Å²) < 4.78 is 7.38. The van der Waals surface area contributed by atoms with Gasteiger partial charge in [0.1, 0.15) is 11.6 Å². The molecule has 8 nitrogen and oxygen atoms in total. The second kappa shape index (κ2) is 11.2. The van der Waals surface area contributed by atoms with E-state index in [1.807, 2.05) is 23.7 Å². The van der Waals surface area contributed by atoms with Gasteiger partial charge in [-0.1, -0.05) is 51.6 Å². The van der Waals surface area contributed by atoms with Crippen LogP contribution in [0, 0.1) is 5.92 Å². The number of benzene rings is 1. The van der Waals surface area contributed by atoms with E-state index in [4.69, 9.17) is 14.7 Å². The molecule has 3 aromatic rings. The first-order valence-corrected chi connectivity index (χ1v) is 11.9. The third-order valence-electron chi connectivity index (χ3n) is 4.54. The lowest BCUT2D eigenvalue weighted by Crippen LogP contribution is -2.28. The monoisotopic (exact) mass is 456 g/mol. The molecule has 0 aliphatic rings. The van der Waals surface area contributed by atoms with Crippen LogP contribution in [0.25, 0.3) is 11.0 Å². The summed E-state index contributed by atoms with van der Waals surface area (Å²) in [7, 11) is 0. The van der Waals surface area contributed by atoms with Crippen molar-refractivity contribution in [2.45, 2.75) is 51.6 Å². The number of ether oxygens (including phenoxy) is 1. The Morgan fingerprint density at radius 3 is 2.69 bits per heavy atom. The largest absolute Gasteiger partial charge is 0.493 e. The van der Waals surface area contributed by atoms with Crippen molar-refractivity contribution in [2.75, 3.05) is 25.0 Å². The van der Waals surface area contributed by atoms with Gasteiger partial charge in [-0.15, -0.1) is 0 Å². The Bertz CT molecular complexity index is 1050. The topological polar surface area (TPSA) is 94.0 Å². The van der Waals surface area contributed by atoms with Crippen LogP contribution < -0.4 is 15.4 Å². The lowest BCUT2D eigenvalue weighted by Gasteiger charge is -2.12. The molecule has 0 aliphatic carbocycles. The summed E-state index contributed by atoms with van der Waals surface area (Å²) >= 11 is 1.62. The molecule has 9 heteroatoms. The minimum atomic E-state index is -0.171. The second-order valence-electron chi connectivity index (χ2n) is 8.09. The van der Waals surface area contributed by atoms with Gasteiger partial charge in [0.2, 0.25) is 0 Å². The molecule has 0 unspecified atom stereocenters. The standard InChI is InChI=1S/C23H32N6O2S/c1-6-31-19-10-8-7-9-17(19)22(30)24-11-12-29-21-18(14-26-29)20(25-13-15(2)3)27-23(28-21)32-16(4)5/h7-10,14-16H,6,11-13H2,1-5H3,(H,24,30)(H,25,27,28). The molecule has 0 bridgehead atoms. The number of fused-ring (bicyclic) bond motifs is 1. The van der Waals surface area contributed by atoms with E-state index in [9.17, 15) is 4.79 Å². The second-order valence-corrected chi connectivity index (χ2v) is 9.63. The minimum Gasteiger partial charge on any atom is -0.493 e. The average molecular weight is 457 g/mol. The summed E-state index contributed by atoms with van der Waals surface area (Å²) in [5, 5.41) is 12.9. The van der Waals surface area contributed by atoms with E-state index >= 15 is 0 Å². The smallest absolute Gasteiger partial charge is 0.255 e. The van der Waals surface area contributed by atoms with E-state index in [2.05, 4.69) is 43.4 Å². The van der Waals surface area contributed by atoms with Gasteiger partial charge in [-0.05, 0) is 25.0 Å². The molecule has 0 saturated heterocycles. The molecular formula is C23H32N6O2S. The maximum Gasteiger partial charge on any atom is 0.255 e. The van der Waals surface area contributed by atoms with Crippen LogP contribution in [0.2, 0.25) is 0 Å². The third kappa shape index (κ3) is 6.12. The fourth-order valence-electron chi connectivity index (χ4n) is 3.10. The Hall–Kier alpha value is -2.81. The molecule has 2 N–H and O–H groups in total. The number of nitrogens with one attached hydrogen (secondary N) is 2. The minimum absolute atomic E-state index is 0.171. The van der Waals surface area contributed by atoms with Gasteiger partial charge in [-0.25, -0.2) is 14.6 Å². The zero-order valence-electron chi connectivity index (χ0n) is 19.4. The van der Waals surface area contributed by atoms with Crippen LogP contribution in [0.15, 0.2) is 35.6 Å². The number of aromatic nitrogens is 4. The molecule has 0 saturated carbocycles. The Morgan fingerprint density at radius 2 is 1.97 bits per heavy atom. The van der Waals surface area contributed by atoms with E-state index < -0.39 is 0 Å². The van der Waals surface area contributed by atoms with Crippen molar-refractivity contribution in [2.24, 2.45) is 5.92 Å². The van der Waals surface area contributed by atoms with Crippen molar-refractivity contribution in [1.29, 1.82) is 0 Å². The van der Waals surface area contributed by atoms with E-state index in [1.165, 1.54) is 0 Å². The number of hydrogen-bond donors (Lipinski definition) is 2. The zero-order valence-corrected chi connectivity index (χ0v) is 20.2. The van der Waals surface area contributed by atoms with Crippen LogP contribution >= 0.6 is 11.8 Å². The highest BCUT2D eigenvalue weighted by molar-refractivity contribution is 7.99. The van der Waals surface area contributed by atoms with Crippen LogP contribution in [0.1, 0.15) is 45.0 Å². The fourth-order valence-corrected chi connectivity index (χ4v) is 3.81. The summed E-state index contributed by atoms with van der Waals surface area (Å²) in [4.78, 5) is 22.1. The lowest BCUT2D eigenvalue weighted by molar-refractivity contribution is 0.0948. The average Bonchev–Trinajstić information content (AvgIpc) is 3.15. The molecule has 0 spiro atoms. The highest BCUT2D eigenvalue weighted by Gasteiger charge is 2.16. The van der Waals surface area contributed by atoms with Crippen molar-refractivity contribution >= 4 is 34.5 Å². The molecule has 3 rings (SSSR count). The third-order valence-corrected chi connectivity index (χ3v) is 5.40. The van der Waals surface area contributed by atoms with Gasteiger partial charge >= 0.3 is 0 Å². The van der Waals surface area contributed by atoms with Gasteiger partial charge in [0.05, 0.1) is 30.3 Å². The lowest BCUT2D eigenvalue weighted by atomic mass is 10.2. The molecular weight excluding hydrogens is 424 g/mol. The van der Waals surface area contributed by atoms with Crippen LogP contribution in [0.3, 0.4) is 0 Å².